The Kier molecular flexibility index (Phi) is 5.01. The predicted octanol–water partition coefficient (Wildman–Crippen LogP) is 4.46. The van der Waals surface area contributed by atoms with E-state index in [2.05, 4.69) is 25.8 Å². The highest BCUT2D eigenvalue weighted by Crippen LogP contribution is 2.26. The van der Waals surface area contributed by atoms with Crippen LogP contribution in [-0.4, -0.2) is 17.6 Å². The van der Waals surface area contributed by atoms with Crippen molar-refractivity contribution in [3.05, 3.63) is 51.0 Å². The molecule has 118 valence electrons. The molecule has 2 aromatic rings. The molecule has 0 spiro atoms. The lowest BCUT2D eigenvalue weighted by Gasteiger charge is -2.22. The number of ether oxygens (including phenoxy) is 1. The molecule has 0 fully saturated rings. The van der Waals surface area contributed by atoms with E-state index in [1.54, 1.807) is 11.3 Å². The molecule has 22 heavy (non-hydrogen) atoms. The first kappa shape index (κ1) is 16.7. The van der Waals surface area contributed by atoms with Gasteiger partial charge in [-0.25, -0.2) is 9.78 Å². The van der Waals surface area contributed by atoms with Crippen LogP contribution < -0.4 is 0 Å². The second-order valence-electron chi connectivity index (χ2n) is 6.53. The fourth-order valence-electron chi connectivity index (χ4n) is 2.52. The first-order chi connectivity index (χ1) is 10.3. The number of hydrogen-bond donors (Lipinski definition) is 0. The van der Waals surface area contributed by atoms with Gasteiger partial charge in [0.25, 0.3) is 0 Å². The first-order valence-corrected chi connectivity index (χ1v) is 8.34. The van der Waals surface area contributed by atoms with Gasteiger partial charge in [-0.05, 0) is 42.5 Å². The zero-order chi connectivity index (χ0) is 16.3. The van der Waals surface area contributed by atoms with Gasteiger partial charge in [0.05, 0.1) is 23.4 Å². The van der Waals surface area contributed by atoms with Gasteiger partial charge in [0.1, 0.15) is 0 Å². The average molecular weight is 317 g/mol. The molecular formula is C18H23NO2S. The van der Waals surface area contributed by atoms with Gasteiger partial charge in [0, 0.05) is 11.3 Å². The van der Waals surface area contributed by atoms with Crippen LogP contribution >= 0.6 is 11.3 Å². The Morgan fingerprint density at radius 2 is 2.00 bits per heavy atom. The van der Waals surface area contributed by atoms with E-state index in [1.165, 1.54) is 10.4 Å². The minimum Gasteiger partial charge on any atom is -0.462 e. The van der Waals surface area contributed by atoms with E-state index in [0.29, 0.717) is 12.2 Å². The number of rotatable bonds is 4. The predicted molar refractivity (Wildman–Crippen MR) is 90.7 cm³/mol. The number of carbonyl (C=O) groups excluding carboxylic acids is 1. The van der Waals surface area contributed by atoms with Crippen molar-refractivity contribution in [2.75, 3.05) is 6.61 Å². The van der Waals surface area contributed by atoms with Gasteiger partial charge in [0.2, 0.25) is 0 Å². The molecule has 0 amide bonds. The third kappa shape index (κ3) is 3.95. The fourth-order valence-corrected chi connectivity index (χ4v) is 3.28. The van der Waals surface area contributed by atoms with Crippen LogP contribution in [0.4, 0.5) is 0 Å². The van der Waals surface area contributed by atoms with Crippen LogP contribution in [0.3, 0.4) is 0 Å². The fraction of sp³-hybridized carbons (Fsp3) is 0.444. The van der Waals surface area contributed by atoms with Gasteiger partial charge < -0.3 is 4.74 Å². The van der Waals surface area contributed by atoms with Gasteiger partial charge in [-0.3, -0.25) is 0 Å². The topological polar surface area (TPSA) is 39.2 Å². The third-order valence-electron chi connectivity index (χ3n) is 3.68. The van der Waals surface area contributed by atoms with Crippen LogP contribution in [0.15, 0.2) is 23.7 Å². The largest absolute Gasteiger partial charge is 0.462 e. The Bertz CT molecular complexity index is 668. The van der Waals surface area contributed by atoms with E-state index in [-0.39, 0.29) is 11.4 Å². The SMILES string of the molecule is Cc1cc(C(=O)OCCc2scnc2C)ccc1C(C)(C)C. The molecule has 4 heteroatoms. The van der Waals surface area contributed by atoms with Crippen LogP contribution in [0.5, 0.6) is 0 Å². The summed E-state index contributed by atoms with van der Waals surface area (Å²) in [6, 6.07) is 5.80. The van der Waals surface area contributed by atoms with Gasteiger partial charge in [-0.15, -0.1) is 11.3 Å². The van der Waals surface area contributed by atoms with Crippen molar-refractivity contribution in [2.45, 2.75) is 46.5 Å². The number of esters is 1. The molecule has 1 aromatic heterocycles. The first-order valence-electron chi connectivity index (χ1n) is 7.46. The number of carbonyl (C=O) groups is 1. The molecule has 0 atom stereocenters. The molecule has 0 unspecified atom stereocenters. The third-order valence-corrected chi connectivity index (χ3v) is 4.67. The van der Waals surface area contributed by atoms with Crippen molar-refractivity contribution in [1.29, 1.82) is 0 Å². The minimum atomic E-state index is -0.259. The molecule has 1 aromatic carbocycles. The van der Waals surface area contributed by atoms with Crippen LogP contribution in [0.25, 0.3) is 0 Å². The standard InChI is InChI=1S/C18H23NO2S/c1-12-10-14(6-7-15(12)18(3,4)5)17(20)21-9-8-16-13(2)19-11-22-16/h6-7,10-11H,8-9H2,1-5H3. The highest BCUT2D eigenvalue weighted by molar-refractivity contribution is 7.09. The zero-order valence-electron chi connectivity index (χ0n) is 13.9. The maximum Gasteiger partial charge on any atom is 0.338 e. The number of thiazole rings is 1. The van der Waals surface area contributed by atoms with Crippen LogP contribution in [0.2, 0.25) is 0 Å². The summed E-state index contributed by atoms with van der Waals surface area (Å²) < 4.78 is 5.38. The van der Waals surface area contributed by atoms with Crippen LogP contribution in [0.1, 0.15) is 52.8 Å². The number of benzene rings is 1. The van der Waals surface area contributed by atoms with Gasteiger partial charge in [-0.1, -0.05) is 26.8 Å². The molecule has 3 nitrogen and oxygen atoms in total. The van der Waals surface area contributed by atoms with E-state index < -0.39 is 0 Å². The molecule has 0 N–H and O–H groups in total. The second kappa shape index (κ2) is 6.61. The number of aryl methyl sites for hydroxylation is 2. The molecule has 2 rings (SSSR count). The Hall–Kier alpha value is -1.68. The van der Waals surface area contributed by atoms with Gasteiger partial charge >= 0.3 is 5.97 Å². The zero-order valence-corrected chi connectivity index (χ0v) is 14.7. The van der Waals surface area contributed by atoms with E-state index >= 15 is 0 Å². The number of hydrogen-bond acceptors (Lipinski definition) is 4. The van der Waals surface area contributed by atoms with E-state index in [4.69, 9.17) is 4.74 Å². The van der Waals surface area contributed by atoms with Crippen molar-refractivity contribution in [2.24, 2.45) is 0 Å². The maximum absolute atomic E-state index is 12.1. The molecule has 0 aliphatic rings. The smallest absolute Gasteiger partial charge is 0.338 e. The molecule has 0 aliphatic heterocycles. The van der Waals surface area contributed by atoms with Crippen molar-refractivity contribution in [1.82, 2.24) is 4.98 Å². The Morgan fingerprint density at radius 1 is 1.27 bits per heavy atom. The highest BCUT2D eigenvalue weighted by Gasteiger charge is 2.18. The number of nitrogens with zero attached hydrogens (tertiary/aromatic N) is 1. The summed E-state index contributed by atoms with van der Waals surface area (Å²) in [4.78, 5) is 17.5. The summed E-state index contributed by atoms with van der Waals surface area (Å²) in [6.45, 7) is 10.9. The van der Waals surface area contributed by atoms with Crippen LogP contribution in [-0.2, 0) is 16.6 Å². The quantitative estimate of drug-likeness (QED) is 0.782. The van der Waals surface area contributed by atoms with Crippen molar-refractivity contribution >= 4 is 17.3 Å². The lowest BCUT2D eigenvalue weighted by atomic mass is 9.83. The molecule has 0 radical (unpaired) electrons. The Balaban J connectivity index is 1.98. The number of aromatic nitrogens is 1. The van der Waals surface area contributed by atoms with E-state index in [1.807, 2.05) is 37.6 Å². The molecule has 0 saturated carbocycles. The summed E-state index contributed by atoms with van der Waals surface area (Å²) in [5, 5.41) is 0. The molecule has 0 bridgehead atoms. The molecule has 0 saturated heterocycles. The Labute approximate surface area is 136 Å². The minimum absolute atomic E-state index is 0.0796. The normalized spacial score (nSPS) is 11.5. The Morgan fingerprint density at radius 3 is 2.55 bits per heavy atom. The van der Waals surface area contributed by atoms with E-state index in [0.717, 1.165) is 17.7 Å². The highest BCUT2D eigenvalue weighted by atomic mass is 32.1. The molecule has 1 heterocycles. The maximum atomic E-state index is 12.1. The van der Waals surface area contributed by atoms with E-state index in [9.17, 15) is 4.79 Å². The van der Waals surface area contributed by atoms with Crippen molar-refractivity contribution in [3.63, 3.8) is 0 Å². The van der Waals surface area contributed by atoms with Crippen LogP contribution in [0, 0.1) is 13.8 Å². The van der Waals surface area contributed by atoms with Crippen molar-refractivity contribution < 1.29 is 9.53 Å². The summed E-state index contributed by atoms with van der Waals surface area (Å²) in [5.41, 5.74) is 5.92. The van der Waals surface area contributed by atoms with Gasteiger partial charge in [0.15, 0.2) is 0 Å². The lowest BCUT2D eigenvalue weighted by Crippen LogP contribution is -2.14. The van der Waals surface area contributed by atoms with Gasteiger partial charge in [-0.2, -0.15) is 0 Å². The summed E-state index contributed by atoms with van der Waals surface area (Å²) in [5.74, 6) is -0.259. The second-order valence-corrected chi connectivity index (χ2v) is 7.47. The monoisotopic (exact) mass is 317 g/mol. The summed E-state index contributed by atoms with van der Waals surface area (Å²) >= 11 is 1.60. The summed E-state index contributed by atoms with van der Waals surface area (Å²) in [6.07, 6.45) is 0.724. The average Bonchev–Trinajstić information content (AvgIpc) is 2.82. The molecular weight excluding hydrogens is 294 g/mol. The van der Waals surface area contributed by atoms with Crippen molar-refractivity contribution in [3.8, 4) is 0 Å². The summed E-state index contributed by atoms with van der Waals surface area (Å²) in [7, 11) is 0. The lowest BCUT2D eigenvalue weighted by molar-refractivity contribution is 0.0509. The molecule has 0 aliphatic carbocycles.